The molecule has 212 valence electrons. The smallest absolute Gasteiger partial charge is 0.272 e. The van der Waals surface area contributed by atoms with Gasteiger partial charge >= 0.3 is 0 Å². The Kier molecular flexibility index (Phi) is 10.2. The van der Waals surface area contributed by atoms with Crippen LogP contribution in [0.3, 0.4) is 0 Å². The van der Waals surface area contributed by atoms with E-state index in [0.717, 1.165) is 11.1 Å². The second-order valence-electron chi connectivity index (χ2n) is 9.90. The molecule has 0 fully saturated rings. The van der Waals surface area contributed by atoms with E-state index in [4.69, 9.17) is 4.74 Å². The number of carbonyl (C=O) groups is 3. The summed E-state index contributed by atoms with van der Waals surface area (Å²) in [5.41, 5.74) is 4.25. The lowest BCUT2D eigenvalue weighted by Gasteiger charge is -2.12. The van der Waals surface area contributed by atoms with Gasteiger partial charge in [0.15, 0.2) is 5.78 Å². The van der Waals surface area contributed by atoms with E-state index >= 15 is 0 Å². The van der Waals surface area contributed by atoms with Gasteiger partial charge < -0.3 is 15.4 Å². The van der Waals surface area contributed by atoms with Crippen LogP contribution in [0.25, 0.3) is 12.2 Å². The van der Waals surface area contributed by atoms with E-state index in [1.165, 1.54) is 11.6 Å². The number of ether oxygens (including phenoxy) is 1. The van der Waals surface area contributed by atoms with E-state index in [-0.39, 0.29) is 11.5 Å². The average molecular weight is 559 g/mol. The summed E-state index contributed by atoms with van der Waals surface area (Å²) in [6.07, 6.45) is 4.86. The molecule has 0 bridgehead atoms. The Morgan fingerprint density at radius 2 is 1.45 bits per heavy atom. The number of benzene rings is 4. The van der Waals surface area contributed by atoms with E-state index in [2.05, 4.69) is 24.5 Å². The average Bonchev–Trinajstić information content (AvgIpc) is 3.01. The highest BCUT2D eigenvalue weighted by atomic mass is 16.5. The van der Waals surface area contributed by atoms with Crippen molar-refractivity contribution in [3.05, 3.63) is 143 Å². The summed E-state index contributed by atoms with van der Waals surface area (Å²) in [4.78, 5) is 39.0. The third-order valence-corrected chi connectivity index (χ3v) is 6.50. The minimum absolute atomic E-state index is 0.0946. The van der Waals surface area contributed by atoms with Crippen molar-refractivity contribution in [3.63, 3.8) is 0 Å². The molecule has 0 saturated carbocycles. The molecule has 0 saturated heterocycles. The quantitative estimate of drug-likeness (QED) is 0.147. The molecule has 4 aromatic carbocycles. The van der Waals surface area contributed by atoms with Gasteiger partial charge in [-0.15, -0.1) is 0 Å². The van der Waals surface area contributed by atoms with Crippen molar-refractivity contribution >= 4 is 35.4 Å². The van der Waals surface area contributed by atoms with E-state index in [1.54, 1.807) is 60.7 Å². The number of rotatable bonds is 11. The largest absolute Gasteiger partial charge is 0.493 e. The second-order valence-corrected chi connectivity index (χ2v) is 9.90. The summed E-state index contributed by atoms with van der Waals surface area (Å²) < 4.78 is 5.61. The molecule has 0 unspecified atom stereocenters. The number of nitrogens with one attached hydrogen (secondary N) is 2. The number of hydrogen-bond acceptors (Lipinski definition) is 4. The molecule has 0 aliphatic rings. The summed E-state index contributed by atoms with van der Waals surface area (Å²) in [5, 5.41) is 5.58. The highest BCUT2D eigenvalue weighted by Crippen LogP contribution is 2.21. The van der Waals surface area contributed by atoms with Gasteiger partial charge in [-0.05, 0) is 84.7 Å². The first kappa shape index (κ1) is 29.7. The van der Waals surface area contributed by atoms with Gasteiger partial charge in [0.25, 0.3) is 11.8 Å². The maximum atomic E-state index is 13.3. The Morgan fingerprint density at radius 3 is 2.12 bits per heavy atom. The molecule has 4 aromatic rings. The zero-order valence-electron chi connectivity index (χ0n) is 24.0. The highest BCUT2D eigenvalue weighted by Gasteiger charge is 2.15. The fourth-order valence-corrected chi connectivity index (χ4v) is 4.17. The molecule has 0 aliphatic heterocycles. The van der Waals surface area contributed by atoms with Gasteiger partial charge in [0.2, 0.25) is 0 Å². The summed E-state index contributed by atoms with van der Waals surface area (Å²) >= 11 is 0. The Balaban J connectivity index is 1.50. The number of allylic oxidation sites excluding steroid dienone is 1. The first-order chi connectivity index (χ1) is 20.3. The lowest BCUT2D eigenvalue weighted by molar-refractivity contribution is -0.113. The summed E-state index contributed by atoms with van der Waals surface area (Å²) in [7, 11) is 0. The minimum Gasteiger partial charge on any atom is -0.493 e. The van der Waals surface area contributed by atoms with Crippen molar-refractivity contribution in [3.8, 4) is 5.75 Å². The molecule has 6 heteroatoms. The monoisotopic (exact) mass is 558 g/mol. The number of para-hydroxylation sites is 1. The third-order valence-electron chi connectivity index (χ3n) is 6.50. The molecule has 42 heavy (non-hydrogen) atoms. The fraction of sp³-hybridized carbons (Fsp3) is 0.139. The van der Waals surface area contributed by atoms with E-state index in [9.17, 15) is 14.4 Å². The number of carbonyl (C=O) groups excluding carboxylic acids is 3. The van der Waals surface area contributed by atoms with Gasteiger partial charge in [0, 0.05) is 22.4 Å². The normalized spacial score (nSPS) is 11.4. The van der Waals surface area contributed by atoms with Gasteiger partial charge in [0.1, 0.15) is 11.4 Å². The number of ketones is 1. The van der Waals surface area contributed by atoms with Gasteiger partial charge in [-0.3, -0.25) is 14.4 Å². The second kappa shape index (κ2) is 14.4. The molecular weight excluding hydrogens is 524 g/mol. The zero-order chi connectivity index (χ0) is 29.9. The minimum atomic E-state index is -0.487. The molecule has 0 aromatic heterocycles. The van der Waals surface area contributed by atoms with Crippen molar-refractivity contribution in [2.45, 2.75) is 26.7 Å². The van der Waals surface area contributed by atoms with Crippen molar-refractivity contribution in [2.24, 2.45) is 0 Å². The first-order valence-corrected chi connectivity index (χ1v) is 13.9. The number of hydrogen-bond donors (Lipinski definition) is 2. The Morgan fingerprint density at radius 1 is 0.786 bits per heavy atom. The maximum absolute atomic E-state index is 13.3. The van der Waals surface area contributed by atoms with Crippen LogP contribution in [0.15, 0.2) is 115 Å². The molecule has 2 N–H and O–H groups in total. The summed E-state index contributed by atoms with van der Waals surface area (Å²) in [6, 6.07) is 30.7. The van der Waals surface area contributed by atoms with E-state index in [1.807, 2.05) is 61.5 Å². The van der Waals surface area contributed by atoms with Crippen molar-refractivity contribution in [2.75, 3.05) is 11.9 Å². The van der Waals surface area contributed by atoms with Crippen LogP contribution in [0.4, 0.5) is 5.69 Å². The molecule has 0 aliphatic carbocycles. The number of anilines is 1. The zero-order valence-corrected chi connectivity index (χ0v) is 24.0. The van der Waals surface area contributed by atoms with Crippen LogP contribution in [0.5, 0.6) is 5.75 Å². The van der Waals surface area contributed by atoms with Crippen LogP contribution in [-0.4, -0.2) is 24.2 Å². The van der Waals surface area contributed by atoms with Gasteiger partial charge in [-0.1, -0.05) is 74.5 Å². The standard InChI is InChI=1S/C36H34N2O4/c1-4-42-34-13-9-8-10-29(34)20-23-33(39)28-18-21-31(22-19-28)37-36(41)32(38-35(40)30-11-6-5-7-12-30)24-26-14-16-27(17-15-26)25(2)3/h5-25H,4H2,1-3H3,(H,37,41)(H,38,40)/b23-20+,32-24-. The SMILES string of the molecule is CCOc1ccccc1/C=C/C(=O)c1ccc(NC(=O)/C(=C/c2ccc(C(C)C)cc2)NC(=O)c2ccccc2)cc1. The maximum Gasteiger partial charge on any atom is 0.272 e. The van der Waals surface area contributed by atoms with E-state index in [0.29, 0.717) is 35.1 Å². The Bertz CT molecular complexity index is 1590. The topological polar surface area (TPSA) is 84.5 Å². The van der Waals surface area contributed by atoms with Crippen LogP contribution < -0.4 is 15.4 Å². The Labute approximate surface area is 246 Å². The molecule has 0 spiro atoms. The predicted octanol–water partition coefficient (Wildman–Crippen LogP) is 7.51. The molecule has 0 atom stereocenters. The van der Waals surface area contributed by atoms with Crippen molar-refractivity contribution in [1.82, 2.24) is 5.32 Å². The molecule has 4 rings (SSSR count). The van der Waals surface area contributed by atoms with Crippen molar-refractivity contribution in [1.29, 1.82) is 0 Å². The molecule has 6 nitrogen and oxygen atoms in total. The van der Waals surface area contributed by atoms with Gasteiger partial charge in [-0.2, -0.15) is 0 Å². The lowest BCUT2D eigenvalue weighted by atomic mass is 10.0. The van der Waals surface area contributed by atoms with Gasteiger partial charge in [-0.25, -0.2) is 0 Å². The third kappa shape index (κ3) is 8.15. The molecular formula is C36H34N2O4. The summed E-state index contributed by atoms with van der Waals surface area (Å²) in [5.74, 6) is 0.0221. The predicted molar refractivity (Wildman–Crippen MR) is 168 cm³/mol. The van der Waals surface area contributed by atoms with Crippen LogP contribution in [-0.2, 0) is 4.79 Å². The molecule has 0 radical (unpaired) electrons. The fourth-order valence-electron chi connectivity index (χ4n) is 4.17. The van der Waals surface area contributed by atoms with Crippen LogP contribution in [0.2, 0.25) is 0 Å². The lowest BCUT2D eigenvalue weighted by Crippen LogP contribution is -2.30. The van der Waals surface area contributed by atoms with Gasteiger partial charge in [0.05, 0.1) is 6.61 Å². The van der Waals surface area contributed by atoms with E-state index < -0.39 is 11.8 Å². The molecule has 2 amide bonds. The van der Waals surface area contributed by atoms with Crippen LogP contribution >= 0.6 is 0 Å². The number of amides is 2. The van der Waals surface area contributed by atoms with Crippen LogP contribution in [0, 0.1) is 0 Å². The van der Waals surface area contributed by atoms with Crippen LogP contribution in [0.1, 0.15) is 64.1 Å². The Hall–Kier alpha value is -5.23. The highest BCUT2D eigenvalue weighted by molar-refractivity contribution is 6.11. The van der Waals surface area contributed by atoms with Crippen molar-refractivity contribution < 1.29 is 19.1 Å². The summed E-state index contributed by atoms with van der Waals surface area (Å²) in [6.45, 7) is 6.66. The molecule has 0 heterocycles. The first-order valence-electron chi connectivity index (χ1n) is 13.9.